The molecule has 3 aliphatic rings. The summed E-state index contributed by atoms with van der Waals surface area (Å²) in [4.78, 5) is 26.6. The van der Waals surface area contributed by atoms with Crippen LogP contribution in [0.5, 0.6) is 0 Å². The number of nitrogens with one attached hydrogen (secondary N) is 5. The number of rotatable bonds is 4. The van der Waals surface area contributed by atoms with Crippen LogP contribution >= 0.6 is 0 Å². The average molecular weight is 341 g/mol. The minimum absolute atomic E-state index is 0.100. The zero-order chi connectivity index (χ0) is 17.1. The summed E-state index contributed by atoms with van der Waals surface area (Å²) < 4.78 is 4.79. The van der Waals surface area contributed by atoms with Crippen molar-refractivity contribution in [3.8, 4) is 0 Å². The fourth-order valence-electron chi connectivity index (χ4n) is 3.46. The number of hydrazine groups is 2. The topological polar surface area (TPSA) is 110 Å². The molecule has 0 aromatic heterocycles. The maximum atomic E-state index is 12.5. The number of esters is 1. The third kappa shape index (κ3) is 3.85. The van der Waals surface area contributed by atoms with Gasteiger partial charge in [-0.05, 0) is 12.8 Å². The van der Waals surface area contributed by atoms with E-state index in [9.17, 15) is 9.59 Å². The second kappa shape index (κ2) is 7.72. The fourth-order valence-corrected chi connectivity index (χ4v) is 3.46. The van der Waals surface area contributed by atoms with Gasteiger partial charge in [0.2, 0.25) is 5.91 Å². The number of hydrogen-bond acceptors (Lipinski definition) is 9. The Morgan fingerprint density at radius 3 is 2.71 bits per heavy atom. The lowest BCUT2D eigenvalue weighted by atomic mass is 10.1. The van der Waals surface area contributed by atoms with E-state index in [1.807, 2.05) is 7.05 Å². The molecule has 0 aliphatic carbocycles. The maximum absolute atomic E-state index is 12.5. The highest BCUT2D eigenvalue weighted by molar-refractivity contribution is 5.84. The highest BCUT2D eigenvalue weighted by atomic mass is 16.5. The lowest BCUT2D eigenvalue weighted by Gasteiger charge is -2.35. The first-order valence-electron chi connectivity index (χ1n) is 8.40. The number of likely N-dealkylation sites (N-methyl/N-ethyl adjacent to an activating group) is 1. The normalized spacial score (nSPS) is 35.1. The molecule has 4 atom stereocenters. The van der Waals surface area contributed by atoms with Crippen LogP contribution in [0, 0.1) is 0 Å². The maximum Gasteiger partial charge on any atom is 0.326 e. The average Bonchev–Trinajstić information content (AvgIpc) is 3.24. The largest absolute Gasteiger partial charge is 0.468 e. The Kier molecular flexibility index (Phi) is 5.64. The molecular weight excluding hydrogens is 314 g/mol. The summed E-state index contributed by atoms with van der Waals surface area (Å²) in [5.74, 6) is -0.475. The fraction of sp³-hybridized carbons (Fsp3) is 0.857. The van der Waals surface area contributed by atoms with Crippen LogP contribution in [0.2, 0.25) is 0 Å². The Morgan fingerprint density at radius 2 is 2.08 bits per heavy atom. The molecule has 1 amide bonds. The van der Waals surface area contributed by atoms with E-state index in [1.165, 1.54) is 7.11 Å². The summed E-state index contributed by atoms with van der Waals surface area (Å²) in [6.45, 7) is 3.43. The predicted octanol–water partition coefficient (Wildman–Crippen LogP) is -3.09. The van der Waals surface area contributed by atoms with E-state index < -0.39 is 6.04 Å². The number of ether oxygens (including phenoxy) is 1. The van der Waals surface area contributed by atoms with Crippen molar-refractivity contribution in [3.05, 3.63) is 0 Å². The molecule has 3 saturated heterocycles. The number of nitrogens with zero attached hydrogens (tertiary/aromatic N) is 2. The number of methoxy groups -OCH3 is 1. The Morgan fingerprint density at radius 1 is 1.25 bits per heavy atom. The molecule has 0 aromatic carbocycles. The van der Waals surface area contributed by atoms with E-state index in [2.05, 4.69) is 31.8 Å². The van der Waals surface area contributed by atoms with Crippen LogP contribution in [0.15, 0.2) is 0 Å². The van der Waals surface area contributed by atoms with Crippen LogP contribution in [0.4, 0.5) is 0 Å². The molecule has 0 aromatic rings. The van der Waals surface area contributed by atoms with Crippen LogP contribution < -0.4 is 26.9 Å². The first kappa shape index (κ1) is 17.5. The Labute approximate surface area is 141 Å². The van der Waals surface area contributed by atoms with Gasteiger partial charge in [0.25, 0.3) is 0 Å². The third-order valence-electron chi connectivity index (χ3n) is 4.82. The van der Waals surface area contributed by atoms with Gasteiger partial charge in [-0.15, -0.1) is 0 Å². The molecule has 4 unspecified atom stereocenters. The predicted molar refractivity (Wildman–Crippen MR) is 86.2 cm³/mol. The third-order valence-corrected chi connectivity index (χ3v) is 4.82. The van der Waals surface area contributed by atoms with Crippen molar-refractivity contribution < 1.29 is 14.3 Å². The van der Waals surface area contributed by atoms with Gasteiger partial charge in [-0.2, -0.15) is 0 Å². The zero-order valence-corrected chi connectivity index (χ0v) is 14.2. The van der Waals surface area contributed by atoms with Crippen LogP contribution in [-0.2, 0) is 14.3 Å². The molecule has 3 rings (SSSR count). The molecule has 136 valence electrons. The quantitative estimate of drug-likeness (QED) is 0.340. The molecule has 10 heteroatoms. The van der Waals surface area contributed by atoms with E-state index >= 15 is 0 Å². The SMILES string of the molecule is COC(=O)C1NN(C)CC1NC(=O)C1CCC(N2CCNC2)NN1. The monoisotopic (exact) mass is 341 g/mol. The molecule has 3 aliphatic heterocycles. The molecule has 24 heavy (non-hydrogen) atoms. The molecule has 0 radical (unpaired) electrons. The molecule has 0 bridgehead atoms. The molecule has 3 heterocycles. The van der Waals surface area contributed by atoms with Crippen molar-refractivity contribution >= 4 is 11.9 Å². The van der Waals surface area contributed by atoms with Crippen LogP contribution in [0.25, 0.3) is 0 Å². The Hall–Kier alpha value is -1.30. The van der Waals surface area contributed by atoms with E-state index in [0.717, 1.165) is 32.6 Å². The summed E-state index contributed by atoms with van der Waals surface area (Å²) in [7, 11) is 3.18. The van der Waals surface area contributed by atoms with Gasteiger partial charge in [0.1, 0.15) is 12.1 Å². The second-order valence-electron chi connectivity index (χ2n) is 6.53. The summed E-state index contributed by atoms with van der Waals surface area (Å²) in [5.41, 5.74) is 9.34. The van der Waals surface area contributed by atoms with E-state index in [0.29, 0.717) is 6.54 Å². The number of amides is 1. The lowest BCUT2D eigenvalue weighted by Crippen LogP contribution is -2.63. The first-order chi connectivity index (χ1) is 11.6. The van der Waals surface area contributed by atoms with Crippen molar-refractivity contribution in [2.24, 2.45) is 0 Å². The smallest absolute Gasteiger partial charge is 0.326 e. The summed E-state index contributed by atoms with van der Waals surface area (Å²) in [6, 6.07) is -1.16. The van der Waals surface area contributed by atoms with E-state index in [-0.39, 0.29) is 30.1 Å². The van der Waals surface area contributed by atoms with Gasteiger partial charge < -0.3 is 15.4 Å². The molecule has 3 fully saturated rings. The van der Waals surface area contributed by atoms with Crippen molar-refractivity contribution in [3.63, 3.8) is 0 Å². The molecule has 10 nitrogen and oxygen atoms in total. The summed E-state index contributed by atoms with van der Waals surface area (Å²) in [5, 5.41) is 8.04. The standard InChI is InChI=1S/C14H27N7O3/c1-20-7-10(12(19-20)14(23)24-2)16-13(22)9-3-4-11(18-17-9)21-6-5-15-8-21/h9-12,15,17-19H,3-8H2,1-2H3,(H,16,22). The minimum Gasteiger partial charge on any atom is -0.468 e. The van der Waals surface area contributed by atoms with Gasteiger partial charge in [-0.1, -0.05) is 0 Å². The molecule has 0 spiro atoms. The zero-order valence-electron chi connectivity index (χ0n) is 14.2. The highest BCUT2D eigenvalue weighted by Crippen LogP contribution is 2.13. The van der Waals surface area contributed by atoms with Gasteiger partial charge in [-0.3, -0.25) is 14.5 Å². The van der Waals surface area contributed by atoms with E-state index in [4.69, 9.17) is 4.74 Å². The molecule has 5 N–H and O–H groups in total. The van der Waals surface area contributed by atoms with Gasteiger partial charge in [0, 0.05) is 33.4 Å². The minimum atomic E-state index is -0.552. The van der Waals surface area contributed by atoms with Crippen molar-refractivity contribution in [1.29, 1.82) is 0 Å². The Bertz CT molecular complexity index is 463. The van der Waals surface area contributed by atoms with Gasteiger partial charge in [0.15, 0.2) is 0 Å². The Balaban J connectivity index is 1.49. The highest BCUT2D eigenvalue weighted by Gasteiger charge is 2.39. The number of hydrogen-bond donors (Lipinski definition) is 5. The molecule has 0 saturated carbocycles. The number of carbonyl (C=O) groups is 2. The second-order valence-corrected chi connectivity index (χ2v) is 6.53. The van der Waals surface area contributed by atoms with Gasteiger partial charge >= 0.3 is 5.97 Å². The van der Waals surface area contributed by atoms with E-state index in [1.54, 1.807) is 5.01 Å². The van der Waals surface area contributed by atoms with Crippen molar-refractivity contribution in [2.75, 3.05) is 40.5 Å². The van der Waals surface area contributed by atoms with Crippen LogP contribution in [0.1, 0.15) is 12.8 Å². The van der Waals surface area contributed by atoms with Crippen molar-refractivity contribution in [2.45, 2.75) is 37.1 Å². The summed E-state index contributed by atoms with van der Waals surface area (Å²) >= 11 is 0. The van der Waals surface area contributed by atoms with Crippen molar-refractivity contribution in [1.82, 2.24) is 36.8 Å². The van der Waals surface area contributed by atoms with Crippen LogP contribution in [0.3, 0.4) is 0 Å². The summed E-state index contributed by atoms with van der Waals surface area (Å²) in [6.07, 6.45) is 1.89. The lowest BCUT2D eigenvalue weighted by molar-refractivity contribution is -0.143. The van der Waals surface area contributed by atoms with Crippen LogP contribution in [-0.4, -0.2) is 86.5 Å². The van der Waals surface area contributed by atoms with Gasteiger partial charge in [0.05, 0.1) is 19.3 Å². The number of carbonyl (C=O) groups excluding carboxylic acids is 2. The first-order valence-corrected chi connectivity index (χ1v) is 8.40. The van der Waals surface area contributed by atoms with Gasteiger partial charge in [-0.25, -0.2) is 21.3 Å². The molecular formula is C14H27N7O3.